The third-order valence-electron chi connectivity index (χ3n) is 2.43. The normalized spacial score (nSPS) is 16.2. The van der Waals surface area contributed by atoms with Gasteiger partial charge in [0.05, 0.1) is 6.61 Å². The minimum absolute atomic E-state index is 0.00938. The van der Waals surface area contributed by atoms with Gasteiger partial charge in [-0.3, -0.25) is 0 Å². The standard InChI is InChI=1S/C11H14FNO/c1-7(13)6-8-2-3-10-9(11(8)12)4-5-14-10/h2-3,7H,4-6,13H2,1H3. The Morgan fingerprint density at radius 1 is 1.57 bits per heavy atom. The van der Waals surface area contributed by atoms with Crippen LogP contribution in [0.25, 0.3) is 0 Å². The fraction of sp³-hybridized carbons (Fsp3) is 0.455. The first-order chi connectivity index (χ1) is 6.68. The van der Waals surface area contributed by atoms with Gasteiger partial charge in [0.25, 0.3) is 0 Å². The number of hydrogen-bond donors (Lipinski definition) is 1. The van der Waals surface area contributed by atoms with E-state index in [4.69, 9.17) is 10.5 Å². The molecule has 14 heavy (non-hydrogen) atoms. The highest BCUT2D eigenvalue weighted by atomic mass is 19.1. The van der Waals surface area contributed by atoms with Gasteiger partial charge in [0, 0.05) is 18.0 Å². The first kappa shape index (κ1) is 9.46. The van der Waals surface area contributed by atoms with Gasteiger partial charge in [-0.25, -0.2) is 4.39 Å². The zero-order chi connectivity index (χ0) is 10.1. The van der Waals surface area contributed by atoms with Gasteiger partial charge in [0.1, 0.15) is 11.6 Å². The number of fused-ring (bicyclic) bond motifs is 1. The molecule has 76 valence electrons. The minimum atomic E-state index is -0.127. The van der Waals surface area contributed by atoms with Crippen LogP contribution in [0.1, 0.15) is 18.1 Å². The minimum Gasteiger partial charge on any atom is -0.493 e. The van der Waals surface area contributed by atoms with Crippen molar-refractivity contribution in [3.8, 4) is 5.75 Å². The molecule has 0 aliphatic carbocycles. The SMILES string of the molecule is CC(N)Cc1ccc2c(c1F)CCO2. The van der Waals surface area contributed by atoms with Gasteiger partial charge in [0.2, 0.25) is 0 Å². The van der Waals surface area contributed by atoms with Crippen LogP contribution in [-0.2, 0) is 12.8 Å². The van der Waals surface area contributed by atoms with Crippen molar-refractivity contribution in [3.05, 3.63) is 29.1 Å². The second-order valence-electron chi connectivity index (χ2n) is 3.80. The molecular formula is C11H14FNO. The lowest BCUT2D eigenvalue weighted by atomic mass is 10.0. The Balaban J connectivity index is 2.35. The molecule has 0 bridgehead atoms. The van der Waals surface area contributed by atoms with Crippen molar-refractivity contribution in [2.45, 2.75) is 25.8 Å². The van der Waals surface area contributed by atoms with E-state index in [9.17, 15) is 4.39 Å². The van der Waals surface area contributed by atoms with Crippen molar-refractivity contribution >= 4 is 0 Å². The van der Waals surface area contributed by atoms with Gasteiger partial charge in [-0.2, -0.15) is 0 Å². The molecule has 1 aliphatic heterocycles. The van der Waals surface area contributed by atoms with Crippen LogP contribution in [0, 0.1) is 5.82 Å². The quantitative estimate of drug-likeness (QED) is 0.778. The van der Waals surface area contributed by atoms with Gasteiger partial charge in [-0.1, -0.05) is 6.07 Å². The second kappa shape index (κ2) is 3.58. The summed E-state index contributed by atoms with van der Waals surface area (Å²) in [5, 5.41) is 0. The van der Waals surface area contributed by atoms with E-state index in [1.165, 1.54) is 0 Å². The van der Waals surface area contributed by atoms with E-state index in [0.29, 0.717) is 36.3 Å². The summed E-state index contributed by atoms with van der Waals surface area (Å²) >= 11 is 0. The molecule has 2 nitrogen and oxygen atoms in total. The third kappa shape index (κ3) is 1.60. The molecule has 0 amide bonds. The maximum Gasteiger partial charge on any atom is 0.133 e. The van der Waals surface area contributed by atoms with Crippen LogP contribution in [0.2, 0.25) is 0 Å². The average molecular weight is 195 g/mol. The Morgan fingerprint density at radius 3 is 3.07 bits per heavy atom. The lowest BCUT2D eigenvalue weighted by molar-refractivity contribution is 0.356. The van der Waals surface area contributed by atoms with E-state index in [0.717, 1.165) is 0 Å². The van der Waals surface area contributed by atoms with Gasteiger partial charge < -0.3 is 10.5 Å². The molecule has 1 aromatic rings. The van der Waals surface area contributed by atoms with Crippen LogP contribution in [-0.4, -0.2) is 12.6 Å². The summed E-state index contributed by atoms with van der Waals surface area (Å²) in [6, 6.07) is 3.59. The van der Waals surface area contributed by atoms with Crippen LogP contribution < -0.4 is 10.5 Å². The second-order valence-corrected chi connectivity index (χ2v) is 3.80. The van der Waals surface area contributed by atoms with Gasteiger partial charge >= 0.3 is 0 Å². The van der Waals surface area contributed by atoms with Gasteiger partial charge in [0.15, 0.2) is 0 Å². The Labute approximate surface area is 82.9 Å². The topological polar surface area (TPSA) is 35.2 Å². The summed E-state index contributed by atoms with van der Waals surface area (Å²) in [7, 11) is 0. The predicted octanol–water partition coefficient (Wildman–Crippen LogP) is 1.65. The van der Waals surface area contributed by atoms with Gasteiger partial charge in [-0.15, -0.1) is 0 Å². The van der Waals surface area contributed by atoms with Crippen LogP contribution in [0.15, 0.2) is 12.1 Å². The Hall–Kier alpha value is -1.09. The Morgan fingerprint density at radius 2 is 2.36 bits per heavy atom. The number of rotatable bonds is 2. The van der Waals surface area contributed by atoms with Crippen LogP contribution in [0.4, 0.5) is 4.39 Å². The number of hydrogen-bond acceptors (Lipinski definition) is 2. The number of ether oxygens (including phenoxy) is 1. The molecule has 2 N–H and O–H groups in total. The average Bonchev–Trinajstić information content (AvgIpc) is 2.57. The van der Waals surface area contributed by atoms with E-state index in [1.807, 2.05) is 13.0 Å². The number of nitrogens with two attached hydrogens (primary N) is 1. The molecule has 0 saturated heterocycles. The van der Waals surface area contributed by atoms with E-state index in [2.05, 4.69) is 0 Å². The van der Waals surface area contributed by atoms with E-state index >= 15 is 0 Å². The zero-order valence-electron chi connectivity index (χ0n) is 8.22. The fourth-order valence-electron chi connectivity index (χ4n) is 1.79. The van der Waals surface area contributed by atoms with Crippen molar-refractivity contribution in [2.24, 2.45) is 5.73 Å². The summed E-state index contributed by atoms with van der Waals surface area (Å²) in [5.74, 6) is 0.563. The van der Waals surface area contributed by atoms with E-state index < -0.39 is 0 Å². The first-order valence-corrected chi connectivity index (χ1v) is 4.87. The van der Waals surface area contributed by atoms with Crippen molar-refractivity contribution < 1.29 is 9.13 Å². The maximum absolute atomic E-state index is 13.8. The van der Waals surface area contributed by atoms with Crippen LogP contribution in [0.3, 0.4) is 0 Å². The van der Waals surface area contributed by atoms with E-state index in [-0.39, 0.29) is 11.9 Å². The molecule has 1 heterocycles. The molecule has 0 saturated carbocycles. The maximum atomic E-state index is 13.8. The van der Waals surface area contributed by atoms with Crippen LogP contribution >= 0.6 is 0 Å². The predicted molar refractivity (Wildman–Crippen MR) is 53.0 cm³/mol. The van der Waals surface area contributed by atoms with E-state index in [1.54, 1.807) is 6.07 Å². The zero-order valence-corrected chi connectivity index (χ0v) is 8.22. The smallest absolute Gasteiger partial charge is 0.133 e. The summed E-state index contributed by atoms with van der Waals surface area (Å²) in [6.45, 7) is 2.47. The molecule has 0 spiro atoms. The van der Waals surface area contributed by atoms with Crippen molar-refractivity contribution in [3.63, 3.8) is 0 Å². The molecule has 1 aliphatic rings. The lowest BCUT2D eigenvalue weighted by Gasteiger charge is -2.08. The largest absolute Gasteiger partial charge is 0.493 e. The number of benzene rings is 1. The fourth-order valence-corrected chi connectivity index (χ4v) is 1.79. The van der Waals surface area contributed by atoms with Crippen molar-refractivity contribution in [1.29, 1.82) is 0 Å². The molecule has 2 rings (SSSR count). The third-order valence-corrected chi connectivity index (χ3v) is 2.43. The summed E-state index contributed by atoms with van der Waals surface area (Å²) in [6.07, 6.45) is 1.26. The summed E-state index contributed by atoms with van der Waals surface area (Å²) < 4.78 is 19.1. The highest BCUT2D eigenvalue weighted by Gasteiger charge is 2.19. The van der Waals surface area contributed by atoms with Crippen molar-refractivity contribution in [2.75, 3.05) is 6.61 Å². The van der Waals surface area contributed by atoms with Crippen molar-refractivity contribution in [1.82, 2.24) is 0 Å². The highest BCUT2D eigenvalue weighted by Crippen LogP contribution is 2.29. The summed E-state index contributed by atoms with van der Waals surface area (Å²) in [5.41, 5.74) is 7.05. The highest BCUT2D eigenvalue weighted by molar-refractivity contribution is 5.41. The van der Waals surface area contributed by atoms with Gasteiger partial charge in [-0.05, 0) is 25.0 Å². The summed E-state index contributed by atoms with van der Waals surface area (Å²) in [4.78, 5) is 0. The molecule has 0 radical (unpaired) electrons. The number of halogens is 1. The molecule has 1 aromatic carbocycles. The monoisotopic (exact) mass is 195 g/mol. The first-order valence-electron chi connectivity index (χ1n) is 4.87. The molecular weight excluding hydrogens is 181 g/mol. The lowest BCUT2D eigenvalue weighted by Crippen LogP contribution is -2.18. The Bertz CT molecular complexity index is 349. The van der Waals surface area contributed by atoms with Crippen LogP contribution in [0.5, 0.6) is 5.75 Å². The molecule has 0 fully saturated rings. The molecule has 1 atom stereocenters. The Kier molecular flexibility index (Phi) is 2.42. The molecule has 3 heteroatoms. The molecule has 0 aromatic heterocycles. The molecule has 1 unspecified atom stereocenters.